The highest BCUT2D eigenvalue weighted by Gasteiger charge is 2.18. The second-order valence-electron chi connectivity index (χ2n) is 6.67. The predicted molar refractivity (Wildman–Crippen MR) is 101 cm³/mol. The molecule has 0 bridgehead atoms. The molecule has 1 aromatic rings. The van der Waals surface area contributed by atoms with Crippen LogP contribution in [0.4, 0.5) is 0 Å². The first kappa shape index (κ1) is 20.8. The molecule has 0 atom stereocenters. The first-order valence-electron chi connectivity index (χ1n) is 8.28. The molecule has 1 amide bonds. The van der Waals surface area contributed by atoms with Crippen LogP contribution in [0.5, 0.6) is 11.5 Å². The summed E-state index contributed by atoms with van der Waals surface area (Å²) in [5.41, 5.74) is 0.667. The molecule has 6 heteroatoms. The molecule has 0 saturated heterocycles. The SMILES string of the molecule is CCCCNCc1c(Br)ccc(OC)c1OCC(=O)NC(C)(C)C. The fraction of sp³-hybridized carbons (Fsp3) is 0.611. The number of methoxy groups -OCH3 is 1. The summed E-state index contributed by atoms with van der Waals surface area (Å²) in [5, 5.41) is 6.28. The molecule has 136 valence electrons. The number of unbranched alkanes of at least 4 members (excludes halogenated alkanes) is 1. The van der Waals surface area contributed by atoms with E-state index in [0.29, 0.717) is 18.0 Å². The average Bonchev–Trinajstić information content (AvgIpc) is 2.49. The summed E-state index contributed by atoms with van der Waals surface area (Å²) in [7, 11) is 1.60. The fourth-order valence-electron chi connectivity index (χ4n) is 2.17. The average molecular weight is 401 g/mol. The zero-order chi connectivity index (χ0) is 18.2. The van der Waals surface area contributed by atoms with Crippen molar-refractivity contribution in [3.8, 4) is 11.5 Å². The molecule has 2 N–H and O–H groups in total. The normalized spacial score (nSPS) is 11.2. The van der Waals surface area contributed by atoms with Crippen molar-refractivity contribution >= 4 is 21.8 Å². The van der Waals surface area contributed by atoms with Crippen LogP contribution in [0, 0.1) is 0 Å². The monoisotopic (exact) mass is 400 g/mol. The van der Waals surface area contributed by atoms with Gasteiger partial charge in [-0.2, -0.15) is 0 Å². The van der Waals surface area contributed by atoms with Gasteiger partial charge in [0.05, 0.1) is 7.11 Å². The van der Waals surface area contributed by atoms with Crippen molar-refractivity contribution in [1.29, 1.82) is 0 Å². The van der Waals surface area contributed by atoms with Crippen molar-refractivity contribution in [2.75, 3.05) is 20.3 Å². The van der Waals surface area contributed by atoms with Crippen molar-refractivity contribution in [2.24, 2.45) is 0 Å². The number of hydrogen-bond acceptors (Lipinski definition) is 4. The molecule has 0 aliphatic rings. The number of hydrogen-bond donors (Lipinski definition) is 2. The molecule has 0 radical (unpaired) electrons. The summed E-state index contributed by atoms with van der Waals surface area (Å²) < 4.78 is 12.1. The maximum atomic E-state index is 12.0. The minimum absolute atomic E-state index is 0.0496. The van der Waals surface area contributed by atoms with E-state index in [1.54, 1.807) is 7.11 Å². The maximum absolute atomic E-state index is 12.0. The van der Waals surface area contributed by atoms with E-state index >= 15 is 0 Å². The summed E-state index contributed by atoms with van der Waals surface area (Å²) >= 11 is 3.56. The van der Waals surface area contributed by atoms with Crippen LogP contribution in [0.2, 0.25) is 0 Å². The topological polar surface area (TPSA) is 59.6 Å². The summed E-state index contributed by atoms with van der Waals surface area (Å²) in [6.45, 7) is 9.50. The van der Waals surface area contributed by atoms with E-state index in [0.717, 1.165) is 29.4 Å². The molecule has 0 saturated carbocycles. The van der Waals surface area contributed by atoms with E-state index in [2.05, 4.69) is 33.5 Å². The van der Waals surface area contributed by atoms with Crippen molar-refractivity contribution in [1.82, 2.24) is 10.6 Å². The summed E-state index contributed by atoms with van der Waals surface area (Å²) in [6.07, 6.45) is 2.26. The molecule has 0 heterocycles. The Hall–Kier alpha value is -1.27. The lowest BCUT2D eigenvalue weighted by atomic mass is 10.1. The van der Waals surface area contributed by atoms with Gasteiger partial charge < -0.3 is 20.1 Å². The second kappa shape index (κ2) is 9.89. The Labute approximate surface area is 153 Å². The highest BCUT2D eigenvalue weighted by Crippen LogP contribution is 2.36. The maximum Gasteiger partial charge on any atom is 0.258 e. The predicted octanol–water partition coefficient (Wildman–Crippen LogP) is 3.64. The lowest BCUT2D eigenvalue weighted by Crippen LogP contribution is -2.43. The van der Waals surface area contributed by atoms with Gasteiger partial charge in [-0.25, -0.2) is 0 Å². The van der Waals surface area contributed by atoms with Gasteiger partial charge in [-0.15, -0.1) is 0 Å². The number of carbonyl (C=O) groups is 1. The molecule has 0 aliphatic carbocycles. The van der Waals surface area contributed by atoms with Gasteiger partial charge in [-0.3, -0.25) is 4.79 Å². The standard InChI is InChI=1S/C18H29BrN2O3/c1-6-7-10-20-11-13-14(19)8-9-15(23-5)17(13)24-12-16(22)21-18(2,3)4/h8-9,20H,6-7,10-12H2,1-5H3,(H,21,22). The van der Waals surface area contributed by atoms with Crippen LogP contribution in [0.3, 0.4) is 0 Å². The Morgan fingerprint density at radius 1 is 1.29 bits per heavy atom. The highest BCUT2D eigenvalue weighted by molar-refractivity contribution is 9.10. The number of ether oxygens (including phenoxy) is 2. The first-order valence-corrected chi connectivity index (χ1v) is 9.07. The van der Waals surface area contributed by atoms with Crippen LogP contribution < -0.4 is 20.1 Å². The van der Waals surface area contributed by atoms with Crippen LogP contribution in [-0.2, 0) is 11.3 Å². The molecule has 0 fully saturated rings. The Kier molecular flexibility index (Phi) is 8.56. The third-order valence-electron chi connectivity index (χ3n) is 3.26. The van der Waals surface area contributed by atoms with Crippen LogP contribution in [-0.4, -0.2) is 31.7 Å². The Morgan fingerprint density at radius 2 is 2.00 bits per heavy atom. The fourth-order valence-corrected chi connectivity index (χ4v) is 2.63. The summed E-state index contributed by atoms with van der Waals surface area (Å²) in [4.78, 5) is 12.0. The molecular formula is C18H29BrN2O3. The van der Waals surface area contributed by atoms with E-state index in [-0.39, 0.29) is 18.1 Å². The minimum atomic E-state index is -0.285. The zero-order valence-corrected chi connectivity index (χ0v) is 16.9. The van der Waals surface area contributed by atoms with Crippen molar-refractivity contribution in [3.05, 3.63) is 22.2 Å². The molecular weight excluding hydrogens is 372 g/mol. The van der Waals surface area contributed by atoms with E-state index in [9.17, 15) is 4.79 Å². The summed E-state index contributed by atoms with van der Waals surface area (Å²) in [6, 6.07) is 3.76. The van der Waals surface area contributed by atoms with Gasteiger partial charge in [0.15, 0.2) is 18.1 Å². The van der Waals surface area contributed by atoms with Gasteiger partial charge in [0.25, 0.3) is 5.91 Å². The third-order valence-corrected chi connectivity index (χ3v) is 4.00. The van der Waals surface area contributed by atoms with Crippen molar-refractivity contribution in [2.45, 2.75) is 52.6 Å². The number of carbonyl (C=O) groups excluding carboxylic acids is 1. The van der Waals surface area contributed by atoms with Gasteiger partial charge in [-0.1, -0.05) is 29.3 Å². The Balaban J connectivity index is 2.85. The molecule has 1 aromatic carbocycles. The van der Waals surface area contributed by atoms with E-state index < -0.39 is 0 Å². The summed E-state index contributed by atoms with van der Waals surface area (Å²) in [5.74, 6) is 1.06. The van der Waals surface area contributed by atoms with Crippen molar-refractivity contribution < 1.29 is 14.3 Å². The number of nitrogens with one attached hydrogen (secondary N) is 2. The minimum Gasteiger partial charge on any atom is -0.493 e. The van der Waals surface area contributed by atoms with E-state index in [1.807, 2.05) is 32.9 Å². The first-order chi connectivity index (χ1) is 11.3. The molecule has 0 aliphatic heterocycles. The van der Waals surface area contributed by atoms with Gasteiger partial charge >= 0.3 is 0 Å². The molecule has 24 heavy (non-hydrogen) atoms. The molecule has 0 unspecified atom stereocenters. The van der Waals surface area contributed by atoms with Gasteiger partial charge in [0, 0.05) is 22.1 Å². The molecule has 0 aromatic heterocycles. The number of halogens is 1. The van der Waals surface area contributed by atoms with Crippen LogP contribution in [0.25, 0.3) is 0 Å². The van der Waals surface area contributed by atoms with Gasteiger partial charge in [0.1, 0.15) is 0 Å². The lowest BCUT2D eigenvalue weighted by molar-refractivity contribution is -0.124. The zero-order valence-electron chi connectivity index (χ0n) is 15.3. The quantitative estimate of drug-likeness (QED) is 0.621. The smallest absolute Gasteiger partial charge is 0.258 e. The van der Waals surface area contributed by atoms with E-state index in [1.165, 1.54) is 0 Å². The molecule has 0 spiro atoms. The van der Waals surface area contributed by atoms with Crippen molar-refractivity contribution in [3.63, 3.8) is 0 Å². The number of rotatable bonds is 9. The highest BCUT2D eigenvalue weighted by atomic mass is 79.9. The Bertz CT molecular complexity index is 542. The lowest BCUT2D eigenvalue weighted by Gasteiger charge is -2.21. The Morgan fingerprint density at radius 3 is 2.58 bits per heavy atom. The van der Waals surface area contributed by atoms with Crippen LogP contribution >= 0.6 is 15.9 Å². The largest absolute Gasteiger partial charge is 0.493 e. The second-order valence-corrected chi connectivity index (χ2v) is 7.53. The van der Waals surface area contributed by atoms with Gasteiger partial charge in [-0.05, 0) is 45.9 Å². The molecule has 1 rings (SSSR count). The van der Waals surface area contributed by atoms with Crippen LogP contribution in [0.15, 0.2) is 16.6 Å². The number of amides is 1. The van der Waals surface area contributed by atoms with Gasteiger partial charge in [0.2, 0.25) is 0 Å². The molecule has 5 nitrogen and oxygen atoms in total. The van der Waals surface area contributed by atoms with Crippen LogP contribution in [0.1, 0.15) is 46.1 Å². The van der Waals surface area contributed by atoms with E-state index in [4.69, 9.17) is 9.47 Å². The third kappa shape index (κ3) is 7.09. The number of benzene rings is 1.